The van der Waals surface area contributed by atoms with Gasteiger partial charge in [0.15, 0.2) is 0 Å². The average molecular weight is 370 g/mol. The lowest BCUT2D eigenvalue weighted by atomic mass is 9.71. The maximum atomic E-state index is 14.1. The molecule has 1 N–H and O–H groups in total. The molecule has 1 amide bonds. The second-order valence-electron chi connectivity index (χ2n) is 7.10. The molecule has 4 rings (SSSR count). The van der Waals surface area contributed by atoms with E-state index in [1.54, 1.807) is 17.0 Å². The number of halogens is 1. The third kappa shape index (κ3) is 3.04. The van der Waals surface area contributed by atoms with Gasteiger partial charge in [0.05, 0.1) is 6.61 Å². The summed E-state index contributed by atoms with van der Waals surface area (Å²) in [7, 11) is 1.51. The van der Waals surface area contributed by atoms with Gasteiger partial charge in [0.25, 0.3) is 5.91 Å². The number of amides is 1. The van der Waals surface area contributed by atoms with Crippen molar-refractivity contribution in [2.75, 3.05) is 31.8 Å². The number of likely N-dealkylation sites (tertiary alicyclic amines) is 1. The lowest BCUT2D eigenvalue weighted by Crippen LogP contribution is -2.69. The summed E-state index contributed by atoms with van der Waals surface area (Å²) in [5.41, 5.74) is 2.54. The van der Waals surface area contributed by atoms with Gasteiger partial charge in [-0.15, -0.1) is 0 Å². The average Bonchev–Trinajstić information content (AvgIpc) is 2.67. The number of carbonyl (C=O) groups is 1. The molecule has 27 heavy (non-hydrogen) atoms. The zero-order valence-electron chi connectivity index (χ0n) is 15.2. The molecule has 2 aromatic rings. The van der Waals surface area contributed by atoms with E-state index in [1.807, 2.05) is 30.3 Å². The van der Waals surface area contributed by atoms with Crippen LogP contribution in [-0.2, 0) is 16.1 Å². The van der Waals surface area contributed by atoms with Gasteiger partial charge < -0.3 is 14.7 Å². The molecule has 0 aromatic heterocycles. The number of aliphatic hydroxyl groups is 1. The van der Waals surface area contributed by atoms with E-state index in [-0.39, 0.29) is 42.9 Å². The Morgan fingerprint density at radius 1 is 1.22 bits per heavy atom. The van der Waals surface area contributed by atoms with Crippen LogP contribution >= 0.6 is 0 Å². The second kappa shape index (κ2) is 7.38. The van der Waals surface area contributed by atoms with Gasteiger partial charge >= 0.3 is 0 Å². The van der Waals surface area contributed by atoms with Crippen LogP contribution in [0.3, 0.4) is 0 Å². The first kappa shape index (κ1) is 18.1. The first-order valence-corrected chi connectivity index (χ1v) is 9.14. The van der Waals surface area contributed by atoms with E-state index in [2.05, 4.69) is 4.90 Å². The van der Waals surface area contributed by atoms with Crippen molar-refractivity contribution in [3.05, 3.63) is 65.5 Å². The summed E-state index contributed by atoms with van der Waals surface area (Å²) >= 11 is 0. The normalized spacial score (nSPS) is 24.1. The smallest absolute Gasteiger partial charge is 0.253 e. The van der Waals surface area contributed by atoms with Crippen molar-refractivity contribution in [2.45, 2.75) is 24.5 Å². The highest BCUT2D eigenvalue weighted by Crippen LogP contribution is 2.48. The van der Waals surface area contributed by atoms with Crippen molar-refractivity contribution >= 4 is 11.6 Å². The van der Waals surface area contributed by atoms with Crippen LogP contribution in [0.4, 0.5) is 10.1 Å². The molecular formula is C21H23FN2O3. The fourth-order valence-corrected chi connectivity index (χ4v) is 4.46. The maximum Gasteiger partial charge on any atom is 0.253 e. The fourth-order valence-electron chi connectivity index (χ4n) is 4.46. The van der Waals surface area contributed by atoms with Gasteiger partial charge in [-0.1, -0.05) is 36.4 Å². The van der Waals surface area contributed by atoms with Gasteiger partial charge in [-0.25, -0.2) is 4.39 Å². The Morgan fingerprint density at radius 2 is 1.96 bits per heavy atom. The Balaban J connectivity index is 1.66. The van der Waals surface area contributed by atoms with Gasteiger partial charge in [-0.05, 0) is 17.7 Å². The number of ether oxygens (including phenoxy) is 1. The third-order valence-corrected chi connectivity index (χ3v) is 5.70. The standard InChI is InChI=1S/C21H23FN2O3/c1-27-13-20(26)24-11-18-21(15-7-3-5-9-17(15)24)19(12-25)23(18)10-14-6-2-4-8-16(14)22/h2-9,18-19,21,25H,10-13H2,1H3/t18-,19-,21+/m0/s1. The Kier molecular flexibility index (Phi) is 4.95. The monoisotopic (exact) mass is 370 g/mol. The highest BCUT2D eigenvalue weighted by Gasteiger charge is 2.53. The molecule has 0 unspecified atom stereocenters. The number of hydrogen-bond acceptors (Lipinski definition) is 4. The van der Waals surface area contributed by atoms with E-state index in [1.165, 1.54) is 13.2 Å². The number of benzene rings is 2. The SMILES string of the molecule is COCC(=O)N1C[C@H]2[C@@H](c3ccccc31)[C@H](CO)N2Cc1ccccc1F. The zero-order valence-corrected chi connectivity index (χ0v) is 15.2. The van der Waals surface area contributed by atoms with E-state index in [9.17, 15) is 14.3 Å². The van der Waals surface area contributed by atoms with Crippen molar-refractivity contribution in [3.8, 4) is 0 Å². The van der Waals surface area contributed by atoms with Crippen molar-refractivity contribution in [2.24, 2.45) is 0 Å². The third-order valence-electron chi connectivity index (χ3n) is 5.70. The fraction of sp³-hybridized carbons (Fsp3) is 0.381. The molecule has 6 heteroatoms. The van der Waals surface area contributed by atoms with Gasteiger partial charge in [0.1, 0.15) is 12.4 Å². The number of rotatable bonds is 5. The predicted octanol–water partition coefficient (Wildman–Crippen LogP) is 2.15. The molecule has 1 fully saturated rings. The number of aliphatic hydroxyl groups excluding tert-OH is 1. The van der Waals surface area contributed by atoms with Crippen LogP contribution in [0.2, 0.25) is 0 Å². The van der Waals surface area contributed by atoms with Gasteiger partial charge in [-0.2, -0.15) is 0 Å². The van der Waals surface area contributed by atoms with Crippen LogP contribution in [0.15, 0.2) is 48.5 Å². The maximum absolute atomic E-state index is 14.1. The van der Waals surface area contributed by atoms with Crippen molar-refractivity contribution in [3.63, 3.8) is 0 Å². The summed E-state index contributed by atoms with van der Waals surface area (Å²) in [5, 5.41) is 9.99. The van der Waals surface area contributed by atoms with Crippen LogP contribution in [0.5, 0.6) is 0 Å². The number of nitrogens with zero attached hydrogens (tertiary/aromatic N) is 2. The lowest BCUT2D eigenvalue weighted by Gasteiger charge is -2.59. The van der Waals surface area contributed by atoms with Crippen molar-refractivity contribution < 1.29 is 19.0 Å². The van der Waals surface area contributed by atoms with E-state index < -0.39 is 0 Å². The second-order valence-corrected chi connectivity index (χ2v) is 7.10. The number of para-hydroxylation sites is 1. The molecule has 3 atom stereocenters. The first-order chi connectivity index (χ1) is 13.2. The highest BCUT2D eigenvalue weighted by molar-refractivity contribution is 5.96. The topological polar surface area (TPSA) is 53.0 Å². The number of hydrogen-bond donors (Lipinski definition) is 1. The number of carbonyl (C=O) groups excluding carboxylic acids is 1. The molecule has 0 bridgehead atoms. The summed E-state index contributed by atoms with van der Waals surface area (Å²) in [6.07, 6.45) is 0. The molecule has 2 aliphatic heterocycles. The molecule has 0 radical (unpaired) electrons. The van der Waals surface area contributed by atoms with Crippen LogP contribution < -0.4 is 4.90 Å². The van der Waals surface area contributed by atoms with E-state index >= 15 is 0 Å². The van der Waals surface area contributed by atoms with Crippen molar-refractivity contribution in [1.29, 1.82) is 0 Å². The summed E-state index contributed by atoms with van der Waals surface area (Å²) < 4.78 is 19.2. The summed E-state index contributed by atoms with van der Waals surface area (Å²) in [4.78, 5) is 16.4. The lowest BCUT2D eigenvalue weighted by molar-refractivity contribution is -0.123. The van der Waals surface area contributed by atoms with Crippen LogP contribution in [0.1, 0.15) is 17.0 Å². The molecule has 0 saturated carbocycles. The molecule has 142 valence electrons. The Labute approximate surface area is 158 Å². The minimum absolute atomic E-state index is 0.00400. The molecular weight excluding hydrogens is 347 g/mol. The highest BCUT2D eigenvalue weighted by atomic mass is 19.1. The molecule has 0 spiro atoms. The van der Waals surface area contributed by atoms with Gasteiger partial charge in [0.2, 0.25) is 0 Å². The number of anilines is 1. The largest absolute Gasteiger partial charge is 0.395 e. The van der Waals surface area contributed by atoms with Gasteiger partial charge in [-0.3, -0.25) is 9.69 Å². The minimum Gasteiger partial charge on any atom is -0.395 e. The van der Waals surface area contributed by atoms with Crippen LogP contribution in [-0.4, -0.2) is 54.9 Å². The van der Waals surface area contributed by atoms with Crippen LogP contribution in [0.25, 0.3) is 0 Å². The predicted molar refractivity (Wildman–Crippen MR) is 100 cm³/mol. The Hall–Kier alpha value is -2.28. The summed E-state index contributed by atoms with van der Waals surface area (Å²) in [6, 6.07) is 14.5. The molecule has 0 aliphatic carbocycles. The Bertz CT molecular complexity index is 844. The first-order valence-electron chi connectivity index (χ1n) is 9.14. The molecule has 5 nitrogen and oxygen atoms in total. The molecule has 1 saturated heterocycles. The molecule has 2 heterocycles. The minimum atomic E-state index is -0.249. The van der Waals surface area contributed by atoms with E-state index in [0.29, 0.717) is 18.7 Å². The number of methoxy groups -OCH3 is 1. The molecule has 2 aliphatic rings. The van der Waals surface area contributed by atoms with Crippen molar-refractivity contribution in [1.82, 2.24) is 4.90 Å². The Morgan fingerprint density at radius 3 is 2.70 bits per heavy atom. The van der Waals surface area contributed by atoms with E-state index in [0.717, 1.165) is 11.3 Å². The quantitative estimate of drug-likeness (QED) is 0.876. The number of fused-ring (bicyclic) bond motifs is 3. The summed E-state index contributed by atoms with van der Waals surface area (Å²) in [5.74, 6) is -0.215. The van der Waals surface area contributed by atoms with Crippen LogP contribution in [0, 0.1) is 5.82 Å². The zero-order chi connectivity index (χ0) is 19.0. The molecule has 2 aromatic carbocycles. The van der Waals surface area contributed by atoms with Gasteiger partial charge in [0, 0.05) is 49.5 Å². The summed E-state index contributed by atoms with van der Waals surface area (Å²) in [6.45, 7) is 0.931. The van der Waals surface area contributed by atoms with E-state index in [4.69, 9.17) is 4.74 Å².